The fourth-order valence-electron chi connectivity index (χ4n) is 0.961. The molecule has 1 unspecified atom stereocenters. The summed E-state index contributed by atoms with van der Waals surface area (Å²) in [5.41, 5.74) is -0.368. The topological polar surface area (TPSA) is 66.4 Å². The van der Waals surface area contributed by atoms with Crippen LogP contribution in [0.25, 0.3) is 0 Å². The quantitative estimate of drug-likeness (QED) is 0.527. The van der Waals surface area contributed by atoms with Crippen LogP contribution in [0.2, 0.25) is 0 Å². The summed E-state index contributed by atoms with van der Waals surface area (Å²) in [6.07, 6.45) is 1.97. The largest absolute Gasteiger partial charge is 0.480 e. The van der Waals surface area contributed by atoms with Crippen molar-refractivity contribution in [3.05, 3.63) is 11.6 Å². The molecule has 2 N–H and O–H groups in total. The van der Waals surface area contributed by atoms with Crippen LogP contribution in [0.4, 0.5) is 0 Å². The molecule has 0 fully saturated rings. The van der Waals surface area contributed by atoms with Crippen molar-refractivity contribution in [2.75, 3.05) is 7.05 Å². The summed E-state index contributed by atoms with van der Waals surface area (Å²) in [5.74, 6) is -1.57. The number of carbonyl (C=O) groups excluding carboxylic acids is 1. The number of aliphatic carboxylic acids is 1. The number of nitrogens with one attached hydrogen (secondary N) is 1. The molecule has 0 saturated carbocycles. The van der Waals surface area contributed by atoms with Crippen molar-refractivity contribution < 1.29 is 14.7 Å². The zero-order valence-corrected chi connectivity index (χ0v) is 9.05. The van der Waals surface area contributed by atoms with E-state index in [2.05, 4.69) is 5.32 Å². The molecule has 0 spiro atoms. The van der Waals surface area contributed by atoms with Crippen molar-refractivity contribution in [3.63, 3.8) is 0 Å². The number of rotatable bonds is 4. The number of carbonyl (C=O) groups is 2. The zero-order chi connectivity index (χ0) is 11.4. The minimum absolute atomic E-state index is 0.213. The van der Waals surface area contributed by atoms with Crippen LogP contribution in [0.5, 0.6) is 0 Å². The summed E-state index contributed by atoms with van der Waals surface area (Å²) >= 11 is 0. The highest BCUT2D eigenvalue weighted by molar-refractivity contribution is 6.01. The Morgan fingerprint density at radius 3 is 2.21 bits per heavy atom. The highest BCUT2D eigenvalue weighted by Gasteiger charge is 2.39. The molecule has 0 bridgehead atoms. The Morgan fingerprint density at radius 1 is 1.43 bits per heavy atom. The van der Waals surface area contributed by atoms with Crippen molar-refractivity contribution >= 4 is 11.9 Å². The molecule has 0 aromatic heterocycles. The molecule has 0 radical (unpaired) electrons. The van der Waals surface area contributed by atoms with Crippen LogP contribution in [0.1, 0.15) is 27.2 Å². The van der Waals surface area contributed by atoms with Crippen LogP contribution >= 0.6 is 0 Å². The lowest BCUT2D eigenvalue weighted by molar-refractivity contribution is -0.154. The number of amides is 1. The van der Waals surface area contributed by atoms with Gasteiger partial charge in [0.25, 0.3) is 0 Å². The maximum absolute atomic E-state index is 11.4. The van der Waals surface area contributed by atoms with Crippen LogP contribution < -0.4 is 5.32 Å². The maximum atomic E-state index is 11.4. The van der Waals surface area contributed by atoms with Crippen LogP contribution in [0, 0.1) is 5.41 Å². The minimum Gasteiger partial charge on any atom is -0.480 e. The second-order valence-electron chi connectivity index (χ2n) is 3.70. The van der Waals surface area contributed by atoms with Crippen molar-refractivity contribution in [1.29, 1.82) is 0 Å². The third-order valence-electron chi connectivity index (χ3n) is 2.12. The molecule has 4 heteroatoms. The van der Waals surface area contributed by atoms with Crippen molar-refractivity contribution in [3.8, 4) is 0 Å². The monoisotopic (exact) mass is 199 g/mol. The highest BCUT2D eigenvalue weighted by atomic mass is 16.4. The van der Waals surface area contributed by atoms with Crippen LogP contribution in [-0.4, -0.2) is 24.0 Å². The second kappa shape index (κ2) is 4.79. The third kappa shape index (κ3) is 2.87. The summed E-state index contributed by atoms with van der Waals surface area (Å²) in [6, 6.07) is 0. The molecule has 0 aliphatic rings. The lowest BCUT2D eigenvalue weighted by Crippen LogP contribution is -2.42. The lowest BCUT2D eigenvalue weighted by atomic mass is 9.85. The Kier molecular flexibility index (Phi) is 4.34. The first-order chi connectivity index (χ1) is 6.34. The molecule has 80 valence electrons. The van der Waals surface area contributed by atoms with Gasteiger partial charge < -0.3 is 10.4 Å². The Labute approximate surface area is 84.0 Å². The van der Waals surface area contributed by atoms with Crippen molar-refractivity contribution in [2.24, 2.45) is 5.41 Å². The summed E-state index contributed by atoms with van der Waals surface area (Å²) in [5, 5.41) is 11.3. The molecule has 1 amide bonds. The van der Waals surface area contributed by atoms with Crippen LogP contribution in [-0.2, 0) is 9.59 Å². The zero-order valence-electron chi connectivity index (χ0n) is 9.05. The molecule has 0 aromatic rings. The van der Waals surface area contributed by atoms with E-state index in [-0.39, 0.29) is 6.42 Å². The highest BCUT2D eigenvalue weighted by Crippen LogP contribution is 2.23. The average molecular weight is 199 g/mol. The number of allylic oxidation sites excluding steroid dienone is 2. The van der Waals surface area contributed by atoms with Gasteiger partial charge in [-0.05, 0) is 27.2 Å². The first kappa shape index (κ1) is 12.7. The standard InChI is InChI=1S/C10H17NO3/c1-7(2)5-6-10(3,9(13)14)8(12)11-4/h5H,6H2,1-4H3,(H,11,12)(H,13,14). The second-order valence-corrected chi connectivity index (χ2v) is 3.70. The Balaban J connectivity index is 4.83. The number of hydrogen-bond donors (Lipinski definition) is 2. The smallest absolute Gasteiger partial charge is 0.319 e. The average Bonchev–Trinajstić information content (AvgIpc) is 2.12. The fourth-order valence-corrected chi connectivity index (χ4v) is 0.961. The number of hydrogen-bond acceptors (Lipinski definition) is 2. The van der Waals surface area contributed by atoms with E-state index in [1.54, 1.807) is 6.08 Å². The van der Waals surface area contributed by atoms with Gasteiger partial charge in [-0.1, -0.05) is 11.6 Å². The summed E-state index contributed by atoms with van der Waals surface area (Å²) in [6.45, 7) is 5.16. The van der Waals surface area contributed by atoms with E-state index in [4.69, 9.17) is 5.11 Å². The minimum atomic E-state index is -1.37. The third-order valence-corrected chi connectivity index (χ3v) is 2.12. The summed E-state index contributed by atoms with van der Waals surface area (Å²) < 4.78 is 0. The van der Waals surface area contributed by atoms with E-state index in [9.17, 15) is 9.59 Å². The predicted molar refractivity (Wildman–Crippen MR) is 53.9 cm³/mol. The normalized spacial score (nSPS) is 14.0. The molecule has 0 aromatic carbocycles. The van der Waals surface area contributed by atoms with Gasteiger partial charge in [0.1, 0.15) is 5.41 Å². The van der Waals surface area contributed by atoms with E-state index in [1.807, 2.05) is 13.8 Å². The van der Waals surface area contributed by atoms with E-state index < -0.39 is 17.3 Å². The van der Waals surface area contributed by atoms with Crippen molar-refractivity contribution in [2.45, 2.75) is 27.2 Å². The van der Waals surface area contributed by atoms with E-state index in [1.165, 1.54) is 14.0 Å². The molecule has 0 aliphatic carbocycles. The van der Waals surface area contributed by atoms with Gasteiger partial charge >= 0.3 is 5.97 Å². The maximum Gasteiger partial charge on any atom is 0.319 e. The Morgan fingerprint density at radius 2 is 1.93 bits per heavy atom. The van der Waals surface area contributed by atoms with Gasteiger partial charge in [-0.3, -0.25) is 9.59 Å². The molecule has 0 saturated heterocycles. The van der Waals surface area contributed by atoms with E-state index >= 15 is 0 Å². The summed E-state index contributed by atoms with van der Waals surface area (Å²) in [7, 11) is 1.44. The van der Waals surface area contributed by atoms with E-state index in [0.717, 1.165) is 5.57 Å². The molecule has 0 rings (SSSR count). The fraction of sp³-hybridized carbons (Fsp3) is 0.600. The predicted octanol–water partition coefficient (Wildman–Crippen LogP) is 1.18. The molecular weight excluding hydrogens is 182 g/mol. The van der Waals surface area contributed by atoms with Gasteiger partial charge in [0.15, 0.2) is 0 Å². The number of carboxylic acid groups (broad SMARTS) is 1. The van der Waals surface area contributed by atoms with E-state index in [0.29, 0.717) is 0 Å². The molecule has 4 nitrogen and oxygen atoms in total. The SMILES string of the molecule is CNC(=O)C(C)(CC=C(C)C)C(=O)O. The van der Waals surface area contributed by atoms with Gasteiger partial charge in [0.2, 0.25) is 5.91 Å². The Hall–Kier alpha value is -1.32. The van der Waals surface area contributed by atoms with Gasteiger partial charge in [-0.25, -0.2) is 0 Å². The summed E-state index contributed by atoms with van der Waals surface area (Å²) in [4.78, 5) is 22.3. The Bertz CT molecular complexity index is 267. The molecule has 0 heterocycles. The van der Waals surface area contributed by atoms with Crippen LogP contribution in [0.15, 0.2) is 11.6 Å². The molecule has 14 heavy (non-hydrogen) atoms. The molecule has 0 aliphatic heterocycles. The van der Waals surface area contributed by atoms with Crippen LogP contribution in [0.3, 0.4) is 0 Å². The van der Waals surface area contributed by atoms with Gasteiger partial charge in [0, 0.05) is 7.05 Å². The first-order valence-electron chi connectivity index (χ1n) is 4.43. The van der Waals surface area contributed by atoms with Crippen molar-refractivity contribution in [1.82, 2.24) is 5.32 Å². The number of carboxylic acids is 1. The first-order valence-corrected chi connectivity index (χ1v) is 4.43. The molecular formula is C10H17NO3. The van der Waals surface area contributed by atoms with Gasteiger partial charge in [-0.15, -0.1) is 0 Å². The van der Waals surface area contributed by atoms with Gasteiger partial charge in [0.05, 0.1) is 0 Å². The molecule has 1 atom stereocenters. The lowest BCUT2D eigenvalue weighted by Gasteiger charge is -2.21. The van der Waals surface area contributed by atoms with Gasteiger partial charge in [-0.2, -0.15) is 0 Å².